The van der Waals surface area contributed by atoms with E-state index in [1.807, 2.05) is 35.2 Å². The van der Waals surface area contributed by atoms with Gasteiger partial charge in [0.15, 0.2) is 17.5 Å². The van der Waals surface area contributed by atoms with Crippen molar-refractivity contribution in [1.82, 2.24) is 4.90 Å². The van der Waals surface area contributed by atoms with Crippen molar-refractivity contribution in [2.24, 2.45) is 0 Å². The van der Waals surface area contributed by atoms with Gasteiger partial charge in [-0.1, -0.05) is 61.0 Å². The monoisotopic (exact) mass is 519 g/mol. The number of halogens is 4. The molecule has 8 heteroatoms. The lowest BCUT2D eigenvalue weighted by atomic mass is 9.99. The van der Waals surface area contributed by atoms with Crippen LogP contribution in [0.4, 0.5) is 13.2 Å². The largest absolute Gasteiger partial charge is 0.494 e. The van der Waals surface area contributed by atoms with Gasteiger partial charge in [-0.3, -0.25) is 9.69 Å². The maximum Gasteiger partial charge on any atom is 0.307 e. The van der Waals surface area contributed by atoms with Gasteiger partial charge in [0.2, 0.25) is 0 Å². The van der Waals surface area contributed by atoms with Crippen LogP contribution in [-0.2, 0) is 17.8 Å². The second-order valence-electron chi connectivity index (χ2n) is 8.83. The van der Waals surface area contributed by atoms with E-state index in [4.69, 9.17) is 21.4 Å². The third-order valence-corrected chi connectivity index (χ3v) is 6.44. The highest BCUT2D eigenvalue weighted by Crippen LogP contribution is 2.30. The fourth-order valence-electron chi connectivity index (χ4n) is 4.11. The molecule has 0 aliphatic heterocycles. The first-order chi connectivity index (χ1) is 17.2. The van der Waals surface area contributed by atoms with Crippen molar-refractivity contribution in [3.63, 3.8) is 0 Å². The minimum atomic E-state index is -1.57. The quantitative estimate of drug-likeness (QED) is 0.163. The van der Waals surface area contributed by atoms with Crippen molar-refractivity contribution >= 4 is 17.6 Å². The van der Waals surface area contributed by atoms with Crippen LogP contribution in [0, 0.1) is 24.4 Å². The number of aliphatic carboxylic acids is 1. The second kappa shape index (κ2) is 12.8. The first kappa shape index (κ1) is 27.6. The van der Waals surface area contributed by atoms with Gasteiger partial charge in [0, 0.05) is 19.6 Å². The zero-order chi connectivity index (χ0) is 26.2. The fraction of sp³-hybridized carbons (Fsp3) is 0.321. The van der Waals surface area contributed by atoms with Gasteiger partial charge >= 0.3 is 5.97 Å². The average Bonchev–Trinajstić information content (AvgIpc) is 2.86. The summed E-state index contributed by atoms with van der Waals surface area (Å²) >= 11 is 6.09. The number of carboxylic acid groups (broad SMARTS) is 1. The predicted molar refractivity (Wildman–Crippen MR) is 134 cm³/mol. The Kier molecular flexibility index (Phi) is 9.79. The highest BCUT2D eigenvalue weighted by atomic mass is 35.5. The third-order valence-electron chi connectivity index (χ3n) is 6.05. The van der Waals surface area contributed by atoms with Crippen molar-refractivity contribution in [2.45, 2.75) is 39.2 Å². The summed E-state index contributed by atoms with van der Waals surface area (Å²) in [5, 5.41) is 8.57. The van der Waals surface area contributed by atoms with Gasteiger partial charge in [0.25, 0.3) is 0 Å². The zero-order valence-electron chi connectivity index (χ0n) is 20.2. The summed E-state index contributed by atoms with van der Waals surface area (Å²) < 4.78 is 48.1. The number of hydrogen-bond donors (Lipinski definition) is 1. The van der Waals surface area contributed by atoms with E-state index in [9.17, 15) is 18.0 Å². The van der Waals surface area contributed by atoms with E-state index in [-0.39, 0.29) is 30.0 Å². The van der Waals surface area contributed by atoms with Crippen LogP contribution in [0.3, 0.4) is 0 Å². The summed E-state index contributed by atoms with van der Waals surface area (Å²) in [6.45, 7) is 5.06. The van der Waals surface area contributed by atoms with E-state index in [1.54, 1.807) is 24.3 Å². The van der Waals surface area contributed by atoms with Crippen LogP contribution >= 0.6 is 11.6 Å². The number of hydrogen-bond acceptors (Lipinski definition) is 3. The van der Waals surface area contributed by atoms with Crippen molar-refractivity contribution in [2.75, 3.05) is 19.7 Å². The Hall–Kier alpha value is -3.03. The van der Waals surface area contributed by atoms with E-state index in [0.717, 1.165) is 5.56 Å². The molecule has 4 nitrogen and oxygen atoms in total. The molecule has 0 bridgehead atoms. The van der Waals surface area contributed by atoms with Crippen LogP contribution < -0.4 is 4.74 Å². The molecule has 0 aromatic heterocycles. The highest BCUT2D eigenvalue weighted by Gasteiger charge is 2.23. The van der Waals surface area contributed by atoms with Crippen LogP contribution in [0.1, 0.15) is 41.5 Å². The van der Waals surface area contributed by atoms with E-state index < -0.39 is 28.4 Å². The Morgan fingerprint density at radius 3 is 2.47 bits per heavy atom. The van der Waals surface area contributed by atoms with Crippen molar-refractivity contribution in [1.29, 1.82) is 0 Å². The van der Waals surface area contributed by atoms with Crippen molar-refractivity contribution < 1.29 is 27.8 Å². The minimum absolute atomic E-state index is 0.0113. The molecule has 0 aliphatic rings. The molecule has 0 radical (unpaired) electrons. The molecule has 1 atom stereocenters. The molecule has 3 rings (SSSR count). The summed E-state index contributed by atoms with van der Waals surface area (Å²) in [5.41, 5.74) is 1.97. The molecule has 0 fully saturated rings. The van der Waals surface area contributed by atoms with Gasteiger partial charge < -0.3 is 9.84 Å². The van der Waals surface area contributed by atoms with Gasteiger partial charge in [-0.05, 0) is 53.6 Å². The molecule has 0 saturated heterocycles. The van der Waals surface area contributed by atoms with Gasteiger partial charge in [0.1, 0.15) is 5.75 Å². The standard InChI is InChI=1S/C28H29ClF3NO3/c1-18(21-9-4-3-5-10-21)16-33(17-23-19(2)26(30)28(32)27(31)25(23)29)12-7-13-36-22-11-6-8-20(14-22)15-24(34)35/h3-6,8-11,14,18H,7,12-13,15-17H2,1-2H3,(H,34,35)/t18-/m0/s1. The van der Waals surface area contributed by atoms with Crippen molar-refractivity contribution in [3.8, 4) is 5.75 Å². The molecular formula is C28H29ClF3NO3. The molecule has 0 amide bonds. The highest BCUT2D eigenvalue weighted by molar-refractivity contribution is 6.31. The van der Waals surface area contributed by atoms with E-state index in [2.05, 4.69) is 6.92 Å². The summed E-state index contributed by atoms with van der Waals surface area (Å²) in [7, 11) is 0. The van der Waals surface area contributed by atoms with E-state index >= 15 is 0 Å². The maximum atomic E-state index is 14.3. The molecule has 3 aromatic carbocycles. The number of benzene rings is 3. The van der Waals surface area contributed by atoms with Crippen LogP contribution in [-0.4, -0.2) is 35.7 Å². The Morgan fingerprint density at radius 1 is 1.06 bits per heavy atom. The van der Waals surface area contributed by atoms with Crippen molar-refractivity contribution in [3.05, 3.63) is 99.3 Å². The molecule has 0 saturated carbocycles. The second-order valence-corrected chi connectivity index (χ2v) is 9.20. The molecule has 0 spiro atoms. The number of rotatable bonds is 12. The predicted octanol–water partition coefficient (Wildman–Crippen LogP) is 6.77. The Morgan fingerprint density at radius 2 is 1.78 bits per heavy atom. The van der Waals surface area contributed by atoms with E-state index in [0.29, 0.717) is 37.4 Å². The van der Waals surface area contributed by atoms with Gasteiger partial charge in [0.05, 0.1) is 18.1 Å². The number of nitrogens with zero attached hydrogens (tertiary/aromatic N) is 1. The Balaban J connectivity index is 1.71. The summed E-state index contributed by atoms with van der Waals surface area (Å²) in [4.78, 5) is 13.0. The minimum Gasteiger partial charge on any atom is -0.494 e. The molecule has 0 unspecified atom stereocenters. The lowest BCUT2D eigenvalue weighted by molar-refractivity contribution is -0.136. The van der Waals surface area contributed by atoms with E-state index in [1.165, 1.54) is 6.92 Å². The Labute approximate surface area is 214 Å². The first-order valence-corrected chi connectivity index (χ1v) is 12.1. The lowest BCUT2D eigenvalue weighted by Gasteiger charge is -2.27. The number of ether oxygens (including phenoxy) is 1. The maximum absolute atomic E-state index is 14.3. The fourth-order valence-corrected chi connectivity index (χ4v) is 4.39. The van der Waals surface area contributed by atoms with Gasteiger partial charge in [-0.2, -0.15) is 0 Å². The first-order valence-electron chi connectivity index (χ1n) is 11.7. The molecule has 0 heterocycles. The lowest BCUT2D eigenvalue weighted by Crippen LogP contribution is -2.30. The van der Waals surface area contributed by atoms with Gasteiger partial charge in [-0.25, -0.2) is 13.2 Å². The average molecular weight is 520 g/mol. The van der Waals surface area contributed by atoms with Gasteiger partial charge in [-0.15, -0.1) is 0 Å². The Bertz CT molecular complexity index is 1160. The number of carboxylic acids is 1. The zero-order valence-corrected chi connectivity index (χ0v) is 21.0. The molecule has 192 valence electrons. The SMILES string of the molecule is Cc1c(F)c(F)c(F)c(Cl)c1CN(CCCOc1cccc(CC(=O)O)c1)C[C@H](C)c1ccccc1. The van der Waals surface area contributed by atoms with Crippen LogP contribution in [0.2, 0.25) is 5.02 Å². The molecule has 1 N–H and O–H groups in total. The summed E-state index contributed by atoms with van der Waals surface area (Å²) in [5.74, 6) is -4.40. The molecular weight excluding hydrogens is 491 g/mol. The summed E-state index contributed by atoms with van der Waals surface area (Å²) in [6, 6.07) is 16.8. The normalized spacial score (nSPS) is 12.1. The molecule has 0 aliphatic carbocycles. The topological polar surface area (TPSA) is 49.8 Å². The van der Waals surface area contributed by atoms with Crippen LogP contribution in [0.15, 0.2) is 54.6 Å². The smallest absolute Gasteiger partial charge is 0.307 e. The number of carbonyl (C=O) groups is 1. The molecule has 36 heavy (non-hydrogen) atoms. The van der Waals surface area contributed by atoms with Crippen LogP contribution in [0.5, 0.6) is 5.75 Å². The van der Waals surface area contributed by atoms with Crippen LogP contribution in [0.25, 0.3) is 0 Å². The third kappa shape index (κ3) is 7.24. The summed E-state index contributed by atoms with van der Waals surface area (Å²) in [6.07, 6.45) is 0.501. The molecule has 3 aromatic rings.